The van der Waals surface area contributed by atoms with E-state index in [4.69, 9.17) is 0 Å². The van der Waals surface area contributed by atoms with Crippen molar-refractivity contribution in [2.24, 2.45) is 0 Å². The Morgan fingerprint density at radius 2 is 2.41 bits per heavy atom. The van der Waals surface area contributed by atoms with Crippen LogP contribution in [0.5, 0.6) is 0 Å². The summed E-state index contributed by atoms with van der Waals surface area (Å²) < 4.78 is 1.34. The van der Waals surface area contributed by atoms with Gasteiger partial charge in [-0.05, 0) is 6.42 Å². The second-order valence-electron chi connectivity index (χ2n) is 3.77. The molecule has 2 rings (SSSR count). The van der Waals surface area contributed by atoms with Crippen LogP contribution in [0.25, 0.3) is 5.65 Å². The fraction of sp³-hybridized carbons (Fsp3) is 0.364. The van der Waals surface area contributed by atoms with Crippen LogP contribution in [0.1, 0.15) is 25.5 Å². The number of aromatic nitrogens is 3. The third-order valence-electron chi connectivity index (χ3n) is 2.38. The molecule has 0 aliphatic heterocycles. The van der Waals surface area contributed by atoms with Gasteiger partial charge in [0, 0.05) is 24.8 Å². The van der Waals surface area contributed by atoms with Gasteiger partial charge in [0.05, 0.1) is 12.2 Å². The minimum atomic E-state index is -0.181. The standard InChI is InChI=1S/C11H14N4O2/c1-2-3-10(16)12-7-8-6-11(17)15-9(14-8)4-5-13-15/h4-6,13H,2-3,7H2,1H3,(H,12,16). The van der Waals surface area contributed by atoms with Crippen molar-refractivity contribution in [3.63, 3.8) is 0 Å². The van der Waals surface area contributed by atoms with Gasteiger partial charge in [0.25, 0.3) is 5.56 Å². The number of H-pyrrole nitrogens is 1. The third kappa shape index (κ3) is 2.52. The van der Waals surface area contributed by atoms with Crippen LogP contribution in [-0.4, -0.2) is 20.5 Å². The van der Waals surface area contributed by atoms with Gasteiger partial charge in [-0.25, -0.2) is 9.50 Å². The number of fused-ring (bicyclic) bond motifs is 1. The summed E-state index contributed by atoms with van der Waals surface area (Å²) in [6.07, 6.45) is 2.94. The van der Waals surface area contributed by atoms with Crippen molar-refractivity contribution in [2.45, 2.75) is 26.3 Å². The third-order valence-corrected chi connectivity index (χ3v) is 2.38. The fourth-order valence-electron chi connectivity index (χ4n) is 1.57. The molecule has 0 aliphatic carbocycles. The number of carbonyl (C=O) groups excluding carboxylic acids is 1. The van der Waals surface area contributed by atoms with Gasteiger partial charge in [0.15, 0.2) is 5.65 Å². The highest BCUT2D eigenvalue weighted by atomic mass is 16.1. The Balaban J connectivity index is 2.14. The van der Waals surface area contributed by atoms with Crippen LogP contribution in [0.2, 0.25) is 0 Å². The van der Waals surface area contributed by atoms with Crippen molar-refractivity contribution in [1.82, 2.24) is 19.9 Å². The van der Waals surface area contributed by atoms with E-state index in [9.17, 15) is 9.59 Å². The molecule has 0 atom stereocenters. The predicted octanol–water partition coefficient (Wildman–Crippen LogP) is 0.439. The van der Waals surface area contributed by atoms with Crippen molar-refractivity contribution in [2.75, 3.05) is 0 Å². The van der Waals surface area contributed by atoms with Gasteiger partial charge < -0.3 is 5.32 Å². The van der Waals surface area contributed by atoms with Crippen LogP contribution in [0.3, 0.4) is 0 Å². The first-order chi connectivity index (χ1) is 8.20. The van der Waals surface area contributed by atoms with E-state index in [1.807, 2.05) is 6.92 Å². The highest BCUT2D eigenvalue weighted by molar-refractivity contribution is 5.75. The maximum absolute atomic E-state index is 11.6. The Labute approximate surface area is 97.7 Å². The van der Waals surface area contributed by atoms with E-state index in [-0.39, 0.29) is 18.0 Å². The van der Waals surface area contributed by atoms with Gasteiger partial charge in [-0.2, -0.15) is 0 Å². The molecule has 0 fully saturated rings. The normalized spacial score (nSPS) is 10.6. The molecule has 0 saturated carbocycles. The van der Waals surface area contributed by atoms with Crippen LogP contribution < -0.4 is 10.9 Å². The fourth-order valence-corrected chi connectivity index (χ4v) is 1.57. The molecule has 1 amide bonds. The van der Waals surface area contributed by atoms with E-state index < -0.39 is 0 Å². The largest absolute Gasteiger partial charge is 0.350 e. The maximum Gasteiger partial charge on any atom is 0.272 e. The van der Waals surface area contributed by atoms with Crippen molar-refractivity contribution in [1.29, 1.82) is 0 Å². The molecule has 6 nitrogen and oxygen atoms in total. The number of nitrogens with zero attached hydrogens (tertiary/aromatic N) is 2. The molecule has 0 bridgehead atoms. The number of carbonyl (C=O) groups is 1. The van der Waals surface area contributed by atoms with E-state index in [0.717, 1.165) is 6.42 Å². The average molecular weight is 234 g/mol. The summed E-state index contributed by atoms with van der Waals surface area (Å²) in [5.41, 5.74) is 0.941. The van der Waals surface area contributed by atoms with Crippen LogP contribution in [0.15, 0.2) is 23.1 Å². The lowest BCUT2D eigenvalue weighted by Gasteiger charge is -2.03. The minimum absolute atomic E-state index is 0.0245. The van der Waals surface area contributed by atoms with Crippen LogP contribution >= 0.6 is 0 Å². The first kappa shape index (κ1) is 11.4. The molecule has 2 aromatic heterocycles. The lowest BCUT2D eigenvalue weighted by molar-refractivity contribution is -0.121. The van der Waals surface area contributed by atoms with Crippen molar-refractivity contribution in [3.8, 4) is 0 Å². The van der Waals surface area contributed by atoms with Gasteiger partial charge in [0.2, 0.25) is 5.91 Å². The topological polar surface area (TPSA) is 79.3 Å². The zero-order chi connectivity index (χ0) is 12.3. The molecule has 2 heterocycles. The van der Waals surface area contributed by atoms with Gasteiger partial charge in [-0.15, -0.1) is 0 Å². The Bertz CT molecular complexity index is 584. The second-order valence-corrected chi connectivity index (χ2v) is 3.77. The summed E-state index contributed by atoms with van der Waals surface area (Å²) >= 11 is 0. The number of hydrogen-bond acceptors (Lipinski definition) is 3. The number of amides is 1. The highest BCUT2D eigenvalue weighted by Gasteiger charge is 2.04. The molecule has 2 aromatic rings. The second kappa shape index (κ2) is 4.82. The zero-order valence-corrected chi connectivity index (χ0v) is 9.56. The zero-order valence-electron chi connectivity index (χ0n) is 9.56. The summed E-state index contributed by atoms with van der Waals surface area (Å²) in [7, 11) is 0. The molecule has 6 heteroatoms. The molecule has 17 heavy (non-hydrogen) atoms. The van der Waals surface area contributed by atoms with Gasteiger partial charge in [-0.3, -0.25) is 14.7 Å². The highest BCUT2D eigenvalue weighted by Crippen LogP contribution is 1.97. The Morgan fingerprint density at radius 3 is 3.18 bits per heavy atom. The number of rotatable bonds is 4. The Morgan fingerprint density at radius 1 is 1.59 bits per heavy atom. The average Bonchev–Trinajstić information content (AvgIpc) is 2.75. The van der Waals surface area contributed by atoms with E-state index in [2.05, 4.69) is 15.4 Å². The lowest BCUT2D eigenvalue weighted by Crippen LogP contribution is -2.24. The van der Waals surface area contributed by atoms with E-state index in [0.29, 0.717) is 17.8 Å². The SMILES string of the molecule is CCCC(=O)NCc1cc(=O)n2[nH]ccc2n1. The predicted molar refractivity (Wildman–Crippen MR) is 62.6 cm³/mol. The van der Waals surface area contributed by atoms with Crippen molar-refractivity contribution < 1.29 is 4.79 Å². The van der Waals surface area contributed by atoms with Crippen LogP contribution in [0, 0.1) is 0 Å². The van der Waals surface area contributed by atoms with Gasteiger partial charge >= 0.3 is 0 Å². The number of nitrogens with one attached hydrogen (secondary N) is 2. The molecule has 2 N–H and O–H groups in total. The van der Waals surface area contributed by atoms with Gasteiger partial charge in [0.1, 0.15) is 0 Å². The molecule has 0 saturated heterocycles. The number of hydrogen-bond donors (Lipinski definition) is 2. The first-order valence-corrected chi connectivity index (χ1v) is 5.53. The Hall–Kier alpha value is -2.11. The maximum atomic E-state index is 11.6. The summed E-state index contributed by atoms with van der Waals surface area (Å²) in [4.78, 5) is 27.1. The molecule has 0 radical (unpaired) electrons. The molecule has 0 aliphatic rings. The summed E-state index contributed by atoms with van der Waals surface area (Å²) in [5.74, 6) is -0.0245. The molecule has 90 valence electrons. The van der Waals surface area contributed by atoms with Crippen molar-refractivity contribution in [3.05, 3.63) is 34.4 Å². The van der Waals surface area contributed by atoms with E-state index in [1.165, 1.54) is 10.6 Å². The smallest absolute Gasteiger partial charge is 0.272 e. The summed E-state index contributed by atoms with van der Waals surface area (Å²) in [5, 5.41) is 5.48. The van der Waals surface area contributed by atoms with Gasteiger partial charge in [-0.1, -0.05) is 6.92 Å². The molecular weight excluding hydrogens is 220 g/mol. The van der Waals surface area contributed by atoms with Crippen LogP contribution in [-0.2, 0) is 11.3 Å². The van der Waals surface area contributed by atoms with E-state index in [1.54, 1.807) is 12.3 Å². The molecule has 0 aromatic carbocycles. The molecule has 0 unspecified atom stereocenters. The summed E-state index contributed by atoms with van der Waals surface area (Å²) in [6.45, 7) is 2.23. The monoisotopic (exact) mass is 234 g/mol. The van der Waals surface area contributed by atoms with Crippen molar-refractivity contribution >= 4 is 11.6 Å². The Kier molecular flexibility index (Phi) is 3.22. The van der Waals surface area contributed by atoms with E-state index >= 15 is 0 Å². The first-order valence-electron chi connectivity index (χ1n) is 5.53. The molecular formula is C11H14N4O2. The van der Waals surface area contributed by atoms with Crippen LogP contribution in [0.4, 0.5) is 0 Å². The number of aromatic amines is 1. The minimum Gasteiger partial charge on any atom is -0.350 e. The molecule has 0 spiro atoms. The summed E-state index contributed by atoms with van der Waals surface area (Å²) in [6, 6.07) is 3.12. The lowest BCUT2D eigenvalue weighted by atomic mass is 10.3. The quantitative estimate of drug-likeness (QED) is 0.805.